The van der Waals surface area contributed by atoms with Gasteiger partial charge in [0.2, 0.25) is 0 Å². The van der Waals surface area contributed by atoms with Crippen LogP contribution >= 0.6 is 0 Å². The van der Waals surface area contributed by atoms with E-state index in [-0.39, 0.29) is 0 Å². The summed E-state index contributed by atoms with van der Waals surface area (Å²) in [6.45, 7) is 6.42. The predicted molar refractivity (Wildman–Crippen MR) is 119 cm³/mol. The fraction of sp³-hybridized carbons (Fsp3) is 0.538. The molecule has 0 spiro atoms. The molecule has 2 N–H and O–H groups in total. The average Bonchev–Trinajstić information content (AvgIpc) is 2.65. The van der Waals surface area contributed by atoms with Crippen LogP contribution in [0.2, 0.25) is 0 Å². The molecule has 0 fully saturated rings. The van der Waals surface area contributed by atoms with Crippen molar-refractivity contribution in [3.8, 4) is 11.5 Å². The van der Waals surface area contributed by atoms with E-state index in [2.05, 4.69) is 32.9 Å². The van der Waals surface area contributed by atoms with Crippen LogP contribution < -0.4 is 0 Å². The van der Waals surface area contributed by atoms with Crippen molar-refractivity contribution >= 4 is 0 Å². The Morgan fingerprint density at radius 1 is 0.643 bits per heavy atom. The van der Waals surface area contributed by atoms with E-state index in [1.165, 1.54) is 68.9 Å². The number of unbranched alkanes of at least 4 members (excludes halogenated alkanes) is 8. The number of hydrogen-bond donors (Lipinski definition) is 2. The van der Waals surface area contributed by atoms with Crippen LogP contribution in [0.25, 0.3) is 0 Å². The average molecular weight is 383 g/mol. The van der Waals surface area contributed by atoms with E-state index in [9.17, 15) is 10.2 Å². The zero-order valence-corrected chi connectivity index (χ0v) is 18.0. The maximum Gasteiger partial charge on any atom is 0.115 e. The minimum Gasteiger partial charge on any atom is -0.508 e. The molecule has 28 heavy (non-hydrogen) atoms. The molecule has 0 aliphatic heterocycles. The first-order valence-electron chi connectivity index (χ1n) is 11.1. The van der Waals surface area contributed by atoms with E-state index in [1.54, 1.807) is 12.1 Å². The van der Waals surface area contributed by atoms with E-state index in [4.69, 9.17) is 0 Å². The SMILES string of the molecule is CCCCCCCCCCCC(c1ccc(O)cc1C)c1ccc(O)cc1C. The van der Waals surface area contributed by atoms with Crippen molar-refractivity contribution in [3.63, 3.8) is 0 Å². The summed E-state index contributed by atoms with van der Waals surface area (Å²) in [6.07, 6.45) is 13.1. The van der Waals surface area contributed by atoms with Gasteiger partial charge in [-0.15, -0.1) is 0 Å². The number of aromatic hydroxyl groups is 2. The van der Waals surface area contributed by atoms with Gasteiger partial charge in [-0.1, -0.05) is 76.8 Å². The van der Waals surface area contributed by atoms with Gasteiger partial charge in [-0.2, -0.15) is 0 Å². The van der Waals surface area contributed by atoms with Crippen molar-refractivity contribution in [3.05, 3.63) is 58.7 Å². The molecule has 2 rings (SSSR count). The Bertz CT molecular complexity index is 669. The molecule has 0 amide bonds. The molecular weight excluding hydrogens is 344 g/mol. The monoisotopic (exact) mass is 382 g/mol. The van der Waals surface area contributed by atoms with E-state index >= 15 is 0 Å². The molecule has 2 aromatic rings. The van der Waals surface area contributed by atoms with Gasteiger partial charge in [0, 0.05) is 5.92 Å². The molecule has 0 radical (unpaired) electrons. The van der Waals surface area contributed by atoms with Crippen LogP contribution in [-0.4, -0.2) is 10.2 Å². The van der Waals surface area contributed by atoms with Gasteiger partial charge in [0.05, 0.1) is 0 Å². The Morgan fingerprint density at radius 3 is 1.50 bits per heavy atom. The smallest absolute Gasteiger partial charge is 0.115 e. The third kappa shape index (κ3) is 6.89. The fourth-order valence-electron chi connectivity index (χ4n) is 4.24. The second kappa shape index (κ2) is 11.8. The molecule has 0 heterocycles. The molecule has 0 saturated carbocycles. The highest BCUT2D eigenvalue weighted by molar-refractivity contribution is 5.45. The van der Waals surface area contributed by atoms with Gasteiger partial charge in [0.1, 0.15) is 11.5 Å². The van der Waals surface area contributed by atoms with Crippen molar-refractivity contribution < 1.29 is 10.2 Å². The standard InChI is InChI=1S/C26H38O2/c1-4-5-6-7-8-9-10-11-12-13-26(24-16-14-22(27)18-20(24)2)25-17-15-23(28)19-21(25)3/h14-19,26-28H,4-13H2,1-3H3. The molecule has 0 atom stereocenters. The Hall–Kier alpha value is -1.96. The normalized spacial score (nSPS) is 11.3. The minimum absolute atomic E-state index is 0.311. The van der Waals surface area contributed by atoms with Gasteiger partial charge in [0.25, 0.3) is 0 Å². The van der Waals surface area contributed by atoms with Gasteiger partial charge in [0.15, 0.2) is 0 Å². The van der Waals surface area contributed by atoms with Crippen LogP contribution in [0.15, 0.2) is 36.4 Å². The Balaban J connectivity index is 1.98. The highest BCUT2D eigenvalue weighted by atomic mass is 16.3. The zero-order chi connectivity index (χ0) is 20.4. The number of benzene rings is 2. The van der Waals surface area contributed by atoms with Crippen LogP contribution in [0, 0.1) is 13.8 Å². The number of phenolic OH excluding ortho intramolecular Hbond substituents is 2. The first-order valence-corrected chi connectivity index (χ1v) is 11.1. The highest BCUT2D eigenvalue weighted by Gasteiger charge is 2.18. The third-order valence-corrected chi connectivity index (χ3v) is 5.85. The lowest BCUT2D eigenvalue weighted by Gasteiger charge is -2.22. The van der Waals surface area contributed by atoms with E-state index in [0.717, 1.165) is 17.5 Å². The van der Waals surface area contributed by atoms with Gasteiger partial charge in [-0.05, 0) is 66.8 Å². The second-order valence-electron chi connectivity index (χ2n) is 8.25. The topological polar surface area (TPSA) is 40.5 Å². The predicted octanol–water partition coefficient (Wildman–Crippen LogP) is 7.77. The Morgan fingerprint density at radius 2 is 1.07 bits per heavy atom. The number of hydrogen-bond acceptors (Lipinski definition) is 2. The molecule has 0 unspecified atom stereocenters. The van der Waals surface area contributed by atoms with Crippen molar-refractivity contribution in [2.45, 2.75) is 90.9 Å². The van der Waals surface area contributed by atoms with Gasteiger partial charge in [-0.3, -0.25) is 0 Å². The summed E-state index contributed by atoms with van der Waals surface area (Å²) in [5, 5.41) is 19.6. The molecule has 2 nitrogen and oxygen atoms in total. The molecule has 0 aliphatic carbocycles. The number of rotatable bonds is 12. The van der Waals surface area contributed by atoms with Crippen LogP contribution in [0.4, 0.5) is 0 Å². The van der Waals surface area contributed by atoms with E-state index in [0.29, 0.717) is 17.4 Å². The molecule has 2 aromatic carbocycles. The van der Waals surface area contributed by atoms with Crippen LogP contribution in [0.1, 0.15) is 99.3 Å². The van der Waals surface area contributed by atoms with Crippen molar-refractivity contribution in [1.29, 1.82) is 0 Å². The fourth-order valence-corrected chi connectivity index (χ4v) is 4.24. The summed E-state index contributed by atoms with van der Waals surface area (Å²) in [6, 6.07) is 11.4. The maximum absolute atomic E-state index is 9.80. The molecule has 0 aromatic heterocycles. The van der Waals surface area contributed by atoms with Crippen LogP contribution in [0.5, 0.6) is 11.5 Å². The molecule has 0 aliphatic rings. The van der Waals surface area contributed by atoms with E-state index < -0.39 is 0 Å². The molecule has 0 bridgehead atoms. The first-order chi connectivity index (χ1) is 13.5. The van der Waals surface area contributed by atoms with Gasteiger partial charge >= 0.3 is 0 Å². The number of aryl methyl sites for hydroxylation is 2. The maximum atomic E-state index is 9.80. The molecule has 2 heteroatoms. The van der Waals surface area contributed by atoms with Crippen molar-refractivity contribution in [2.24, 2.45) is 0 Å². The lowest BCUT2D eigenvalue weighted by atomic mass is 9.82. The first kappa shape index (κ1) is 22.3. The summed E-state index contributed by atoms with van der Waals surface area (Å²) in [7, 11) is 0. The third-order valence-electron chi connectivity index (χ3n) is 5.85. The minimum atomic E-state index is 0.311. The Labute approximate surface area is 171 Å². The molecular formula is C26H38O2. The molecule has 0 saturated heterocycles. The Kier molecular flexibility index (Phi) is 9.40. The lowest BCUT2D eigenvalue weighted by molar-refractivity contribution is 0.474. The van der Waals surface area contributed by atoms with Gasteiger partial charge < -0.3 is 10.2 Å². The van der Waals surface area contributed by atoms with Gasteiger partial charge in [-0.25, -0.2) is 0 Å². The van der Waals surface area contributed by atoms with Crippen molar-refractivity contribution in [1.82, 2.24) is 0 Å². The van der Waals surface area contributed by atoms with Crippen LogP contribution in [-0.2, 0) is 0 Å². The zero-order valence-electron chi connectivity index (χ0n) is 18.0. The quantitative estimate of drug-likeness (QED) is 0.368. The number of phenols is 2. The highest BCUT2D eigenvalue weighted by Crippen LogP contribution is 2.36. The van der Waals surface area contributed by atoms with Crippen molar-refractivity contribution in [2.75, 3.05) is 0 Å². The summed E-state index contributed by atoms with van der Waals surface area (Å²) in [4.78, 5) is 0. The largest absolute Gasteiger partial charge is 0.508 e. The second-order valence-corrected chi connectivity index (χ2v) is 8.25. The molecule has 154 valence electrons. The summed E-state index contributed by atoms with van der Waals surface area (Å²) in [5.74, 6) is 0.960. The summed E-state index contributed by atoms with van der Waals surface area (Å²) >= 11 is 0. The van der Waals surface area contributed by atoms with E-state index in [1.807, 2.05) is 12.1 Å². The lowest BCUT2D eigenvalue weighted by Crippen LogP contribution is -2.05. The summed E-state index contributed by atoms with van der Waals surface area (Å²) in [5.41, 5.74) is 4.83. The van der Waals surface area contributed by atoms with Crippen LogP contribution in [0.3, 0.4) is 0 Å². The summed E-state index contributed by atoms with van der Waals surface area (Å²) < 4.78 is 0.